The topological polar surface area (TPSA) is 39.1 Å². The Labute approximate surface area is 109 Å². The summed E-state index contributed by atoms with van der Waals surface area (Å²) in [7, 11) is 0. The Morgan fingerprint density at radius 2 is 2.11 bits per heavy atom. The van der Waals surface area contributed by atoms with Gasteiger partial charge in [0.15, 0.2) is 0 Å². The van der Waals surface area contributed by atoms with Crippen LogP contribution in [0.4, 0.5) is 5.95 Å². The molecule has 2 heterocycles. The molecule has 1 aromatic rings. The first-order chi connectivity index (χ1) is 8.92. The third-order valence-corrected chi connectivity index (χ3v) is 4.08. The fourth-order valence-corrected chi connectivity index (χ4v) is 3.03. The van der Waals surface area contributed by atoms with Gasteiger partial charge in [0, 0.05) is 25.0 Å². The van der Waals surface area contributed by atoms with Crippen LogP contribution in [0.3, 0.4) is 0 Å². The van der Waals surface area contributed by atoms with Crippen molar-refractivity contribution in [2.75, 3.05) is 11.9 Å². The maximum atomic E-state index is 5.69. The van der Waals surface area contributed by atoms with Gasteiger partial charge in [-0.3, -0.25) is 0 Å². The van der Waals surface area contributed by atoms with Gasteiger partial charge in [-0.1, -0.05) is 19.3 Å². The lowest BCUT2D eigenvalue weighted by atomic mass is 9.96. The Morgan fingerprint density at radius 1 is 1.22 bits per heavy atom. The maximum Gasteiger partial charge on any atom is 0.203 e. The van der Waals surface area contributed by atoms with Crippen molar-refractivity contribution in [3.8, 4) is 0 Å². The van der Waals surface area contributed by atoms with Crippen LogP contribution in [0.1, 0.15) is 44.9 Å². The molecule has 1 aromatic heterocycles. The molecule has 1 aliphatic heterocycles. The van der Waals surface area contributed by atoms with Crippen LogP contribution in [0.5, 0.6) is 0 Å². The zero-order valence-electron chi connectivity index (χ0n) is 11.0. The SMILES string of the molecule is c1cn(CC2CCCO2)c(NC2CCCCC2)n1. The van der Waals surface area contributed by atoms with Crippen LogP contribution in [0.2, 0.25) is 0 Å². The molecule has 1 aliphatic carbocycles. The minimum absolute atomic E-state index is 0.381. The molecule has 1 saturated heterocycles. The number of hydrogen-bond acceptors (Lipinski definition) is 3. The van der Waals surface area contributed by atoms with Crippen molar-refractivity contribution in [2.45, 2.75) is 63.6 Å². The molecular weight excluding hydrogens is 226 g/mol. The van der Waals surface area contributed by atoms with E-state index in [0.717, 1.165) is 19.1 Å². The van der Waals surface area contributed by atoms with Gasteiger partial charge in [0.2, 0.25) is 5.95 Å². The first-order valence-corrected chi connectivity index (χ1v) is 7.31. The predicted molar refractivity (Wildman–Crippen MR) is 71.7 cm³/mol. The number of imidazole rings is 1. The van der Waals surface area contributed by atoms with Crippen LogP contribution in [0.25, 0.3) is 0 Å². The first kappa shape index (κ1) is 12.0. The maximum absolute atomic E-state index is 5.69. The van der Waals surface area contributed by atoms with Gasteiger partial charge in [-0.2, -0.15) is 0 Å². The van der Waals surface area contributed by atoms with Crippen molar-refractivity contribution in [1.82, 2.24) is 9.55 Å². The lowest BCUT2D eigenvalue weighted by Crippen LogP contribution is -2.25. The van der Waals surface area contributed by atoms with E-state index in [9.17, 15) is 0 Å². The van der Waals surface area contributed by atoms with E-state index in [0.29, 0.717) is 12.1 Å². The van der Waals surface area contributed by atoms with Crippen LogP contribution in [0.15, 0.2) is 12.4 Å². The highest BCUT2D eigenvalue weighted by molar-refractivity contribution is 5.27. The monoisotopic (exact) mass is 249 g/mol. The fraction of sp³-hybridized carbons (Fsp3) is 0.786. The standard InChI is InChI=1S/C14H23N3O/c1-2-5-12(6-3-1)16-14-15-8-9-17(14)11-13-7-4-10-18-13/h8-9,12-13H,1-7,10-11H2,(H,15,16). The number of ether oxygens (including phenoxy) is 1. The summed E-state index contributed by atoms with van der Waals surface area (Å²) in [6.07, 6.45) is 13.4. The fourth-order valence-electron chi connectivity index (χ4n) is 3.03. The zero-order valence-corrected chi connectivity index (χ0v) is 11.0. The number of rotatable bonds is 4. The highest BCUT2D eigenvalue weighted by atomic mass is 16.5. The van der Waals surface area contributed by atoms with Crippen LogP contribution in [0, 0.1) is 0 Å². The normalized spacial score (nSPS) is 25.4. The molecule has 0 spiro atoms. The summed E-state index contributed by atoms with van der Waals surface area (Å²) in [5.74, 6) is 1.03. The molecule has 1 saturated carbocycles. The van der Waals surface area contributed by atoms with Gasteiger partial charge in [-0.15, -0.1) is 0 Å². The Hall–Kier alpha value is -1.03. The second-order valence-corrected chi connectivity index (χ2v) is 5.52. The van der Waals surface area contributed by atoms with Crippen molar-refractivity contribution in [3.63, 3.8) is 0 Å². The van der Waals surface area contributed by atoms with Gasteiger partial charge in [-0.05, 0) is 25.7 Å². The van der Waals surface area contributed by atoms with Crippen molar-refractivity contribution >= 4 is 5.95 Å². The average Bonchev–Trinajstić information content (AvgIpc) is 3.04. The van der Waals surface area contributed by atoms with E-state index in [1.165, 1.54) is 44.9 Å². The minimum Gasteiger partial charge on any atom is -0.376 e. The second-order valence-electron chi connectivity index (χ2n) is 5.52. The smallest absolute Gasteiger partial charge is 0.203 e. The molecule has 100 valence electrons. The number of hydrogen-bond donors (Lipinski definition) is 1. The molecule has 0 bridgehead atoms. The van der Waals surface area contributed by atoms with E-state index in [1.54, 1.807) is 0 Å². The minimum atomic E-state index is 0.381. The average molecular weight is 249 g/mol. The molecule has 0 aromatic carbocycles. The lowest BCUT2D eigenvalue weighted by Gasteiger charge is -2.24. The summed E-state index contributed by atoms with van der Waals surface area (Å²) in [4.78, 5) is 4.45. The molecule has 0 amide bonds. The quantitative estimate of drug-likeness (QED) is 0.892. The Kier molecular flexibility index (Phi) is 3.84. The summed E-state index contributed by atoms with van der Waals surface area (Å²) in [5.41, 5.74) is 0. The third-order valence-electron chi connectivity index (χ3n) is 4.08. The summed E-state index contributed by atoms with van der Waals surface area (Å²) >= 11 is 0. The Bertz CT molecular complexity index is 365. The third kappa shape index (κ3) is 2.86. The van der Waals surface area contributed by atoms with Crippen molar-refractivity contribution in [2.24, 2.45) is 0 Å². The van der Waals surface area contributed by atoms with Crippen LogP contribution < -0.4 is 5.32 Å². The van der Waals surface area contributed by atoms with Gasteiger partial charge in [0.05, 0.1) is 12.6 Å². The van der Waals surface area contributed by atoms with Crippen molar-refractivity contribution < 1.29 is 4.74 Å². The van der Waals surface area contributed by atoms with E-state index < -0.39 is 0 Å². The first-order valence-electron chi connectivity index (χ1n) is 7.31. The van der Waals surface area contributed by atoms with Gasteiger partial charge in [0.25, 0.3) is 0 Å². The molecule has 2 fully saturated rings. The van der Waals surface area contributed by atoms with Crippen molar-refractivity contribution in [3.05, 3.63) is 12.4 Å². The number of anilines is 1. The summed E-state index contributed by atoms with van der Waals surface area (Å²) < 4.78 is 7.91. The van der Waals surface area contributed by atoms with Gasteiger partial charge < -0.3 is 14.6 Å². The number of nitrogens with one attached hydrogen (secondary N) is 1. The van der Waals surface area contributed by atoms with E-state index in [-0.39, 0.29) is 0 Å². The zero-order chi connectivity index (χ0) is 12.2. The van der Waals surface area contributed by atoms with E-state index in [1.807, 2.05) is 6.20 Å². The molecule has 1 unspecified atom stereocenters. The van der Waals surface area contributed by atoms with E-state index in [2.05, 4.69) is 21.1 Å². The number of nitrogens with zero attached hydrogens (tertiary/aromatic N) is 2. The van der Waals surface area contributed by atoms with Crippen molar-refractivity contribution in [1.29, 1.82) is 0 Å². The Morgan fingerprint density at radius 3 is 2.89 bits per heavy atom. The molecule has 18 heavy (non-hydrogen) atoms. The predicted octanol–water partition coefficient (Wildman–Crippen LogP) is 2.81. The summed E-state index contributed by atoms with van der Waals surface area (Å²) in [6, 6.07) is 0.615. The highest BCUT2D eigenvalue weighted by Crippen LogP contribution is 2.22. The molecule has 1 N–H and O–H groups in total. The molecule has 0 radical (unpaired) electrons. The van der Waals surface area contributed by atoms with E-state index >= 15 is 0 Å². The van der Waals surface area contributed by atoms with Crippen LogP contribution in [-0.2, 0) is 11.3 Å². The molecular formula is C14H23N3O. The van der Waals surface area contributed by atoms with Crippen LogP contribution >= 0.6 is 0 Å². The van der Waals surface area contributed by atoms with Gasteiger partial charge in [0.1, 0.15) is 0 Å². The number of aromatic nitrogens is 2. The Balaban J connectivity index is 1.59. The summed E-state index contributed by atoms with van der Waals surface area (Å²) in [6.45, 7) is 1.86. The molecule has 3 rings (SSSR count). The molecule has 4 nitrogen and oxygen atoms in total. The van der Waals surface area contributed by atoms with Gasteiger partial charge >= 0.3 is 0 Å². The molecule has 1 atom stereocenters. The van der Waals surface area contributed by atoms with Crippen LogP contribution in [-0.4, -0.2) is 28.3 Å². The van der Waals surface area contributed by atoms with E-state index in [4.69, 9.17) is 4.74 Å². The highest BCUT2D eigenvalue weighted by Gasteiger charge is 2.19. The lowest BCUT2D eigenvalue weighted by molar-refractivity contribution is 0.0974. The summed E-state index contributed by atoms with van der Waals surface area (Å²) in [5, 5.41) is 3.60. The molecule has 2 aliphatic rings. The molecule has 4 heteroatoms. The largest absolute Gasteiger partial charge is 0.376 e. The van der Waals surface area contributed by atoms with Gasteiger partial charge in [-0.25, -0.2) is 4.98 Å². The second kappa shape index (κ2) is 5.74.